The van der Waals surface area contributed by atoms with Crippen molar-refractivity contribution in [1.82, 2.24) is 15.5 Å². The minimum Gasteiger partial charge on any atom is -0.384 e. The van der Waals surface area contributed by atoms with Gasteiger partial charge in [0.05, 0.1) is 12.0 Å². The molecule has 1 heterocycles. The van der Waals surface area contributed by atoms with Crippen LogP contribution in [0.25, 0.3) is 0 Å². The number of carbonyl (C=O) groups excluding carboxylic acids is 1. The van der Waals surface area contributed by atoms with E-state index in [4.69, 9.17) is 4.74 Å². The van der Waals surface area contributed by atoms with Crippen molar-refractivity contribution in [2.24, 2.45) is 10.8 Å². The molecule has 0 radical (unpaired) electrons. The van der Waals surface area contributed by atoms with Crippen molar-refractivity contribution in [1.29, 1.82) is 0 Å². The fourth-order valence-corrected chi connectivity index (χ4v) is 3.04. The number of ether oxygens (including phenoxy) is 1. The Kier molecular flexibility index (Phi) is 11.7. The van der Waals surface area contributed by atoms with Gasteiger partial charge >= 0.3 is 0 Å². The maximum Gasteiger partial charge on any atom is 0.228 e. The molecule has 0 aromatic heterocycles. The van der Waals surface area contributed by atoms with Crippen LogP contribution in [0.2, 0.25) is 0 Å². The van der Waals surface area contributed by atoms with Crippen LogP contribution in [-0.4, -0.2) is 64.8 Å². The number of nitrogens with zero attached hydrogens (tertiary/aromatic N) is 1. The van der Waals surface area contributed by atoms with Crippen molar-refractivity contribution in [3.05, 3.63) is 0 Å². The second-order valence-corrected chi connectivity index (χ2v) is 7.05. The maximum absolute atomic E-state index is 12.6. The lowest BCUT2D eigenvalue weighted by Gasteiger charge is -2.37. The van der Waals surface area contributed by atoms with E-state index in [1.807, 2.05) is 0 Å². The molecule has 134 valence electrons. The third kappa shape index (κ3) is 7.47. The van der Waals surface area contributed by atoms with Crippen LogP contribution in [0.1, 0.15) is 26.7 Å². The number of halogens is 2. The summed E-state index contributed by atoms with van der Waals surface area (Å²) in [5.74, 6) is 0.146. The van der Waals surface area contributed by atoms with Gasteiger partial charge < -0.3 is 20.3 Å². The zero-order valence-electron chi connectivity index (χ0n) is 14.5. The predicted octanol–water partition coefficient (Wildman–Crippen LogP) is 1.55. The highest BCUT2D eigenvalue weighted by Gasteiger charge is 2.40. The highest BCUT2D eigenvalue weighted by molar-refractivity contribution is 5.85. The van der Waals surface area contributed by atoms with E-state index >= 15 is 0 Å². The summed E-state index contributed by atoms with van der Waals surface area (Å²) in [5.41, 5.74) is -0.283. The number of hydrogen-bond donors (Lipinski definition) is 2. The molecule has 0 saturated carbocycles. The largest absolute Gasteiger partial charge is 0.384 e. The minimum atomic E-state index is -0.353. The summed E-state index contributed by atoms with van der Waals surface area (Å²) in [4.78, 5) is 14.8. The van der Waals surface area contributed by atoms with Gasteiger partial charge in [-0.15, -0.1) is 24.8 Å². The van der Waals surface area contributed by atoms with Crippen molar-refractivity contribution in [3.63, 3.8) is 0 Å². The van der Waals surface area contributed by atoms with Gasteiger partial charge in [-0.1, -0.05) is 13.8 Å². The monoisotopic (exact) mass is 357 g/mol. The fraction of sp³-hybridized carbons (Fsp3) is 0.933. The van der Waals surface area contributed by atoms with Crippen LogP contribution in [0.15, 0.2) is 0 Å². The van der Waals surface area contributed by atoms with Crippen LogP contribution in [0.5, 0.6) is 0 Å². The lowest BCUT2D eigenvalue weighted by atomic mass is 9.78. The summed E-state index contributed by atoms with van der Waals surface area (Å²) in [6, 6.07) is 0. The fourth-order valence-electron chi connectivity index (χ4n) is 3.04. The van der Waals surface area contributed by atoms with Gasteiger partial charge in [0.15, 0.2) is 0 Å². The molecule has 1 fully saturated rings. The van der Waals surface area contributed by atoms with Gasteiger partial charge in [-0.25, -0.2) is 0 Å². The Morgan fingerprint density at radius 1 is 1.27 bits per heavy atom. The first-order valence-electron chi connectivity index (χ1n) is 7.44. The van der Waals surface area contributed by atoms with Gasteiger partial charge in [-0.2, -0.15) is 0 Å². The molecule has 7 heteroatoms. The molecule has 1 saturated heterocycles. The van der Waals surface area contributed by atoms with Crippen molar-refractivity contribution in [2.45, 2.75) is 26.7 Å². The molecule has 1 aliphatic rings. The van der Waals surface area contributed by atoms with Crippen molar-refractivity contribution >= 4 is 30.7 Å². The first-order valence-corrected chi connectivity index (χ1v) is 7.44. The van der Waals surface area contributed by atoms with Crippen molar-refractivity contribution in [2.75, 3.05) is 54.0 Å². The topological polar surface area (TPSA) is 53.6 Å². The Labute approximate surface area is 147 Å². The van der Waals surface area contributed by atoms with E-state index in [2.05, 4.69) is 43.5 Å². The Bertz CT molecular complexity index is 314. The average Bonchev–Trinajstić information content (AvgIpc) is 2.36. The third-order valence-electron chi connectivity index (χ3n) is 3.93. The number of carbonyl (C=O) groups is 1. The lowest BCUT2D eigenvalue weighted by Crippen LogP contribution is -2.52. The van der Waals surface area contributed by atoms with E-state index < -0.39 is 0 Å². The van der Waals surface area contributed by atoms with Crippen molar-refractivity contribution in [3.8, 4) is 0 Å². The van der Waals surface area contributed by atoms with Crippen LogP contribution in [0.4, 0.5) is 0 Å². The molecule has 1 amide bonds. The highest BCUT2D eigenvalue weighted by atomic mass is 35.5. The van der Waals surface area contributed by atoms with Crippen LogP contribution >= 0.6 is 24.8 Å². The molecule has 22 heavy (non-hydrogen) atoms. The second-order valence-electron chi connectivity index (χ2n) is 7.05. The summed E-state index contributed by atoms with van der Waals surface area (Å²) in [5, 5.41) is 6.46. The van der Waals surface area contributed by atoms with E-state index in [9.17, 15) is 4.79 Å². The molecule has 0 unspecified atom stereocenters. The van der Waals surface area contributed by atoms with Crippen LogP contribution in [0, 0.1) is 10.8 Å². The Morgan fingerprint density at radius 3 is 2.27 bits per heavy atom. The van der Waals surface area contributed by atoms with E-state index in [1.54, 1.807) is 7.11 Å². The van der Waals surface area contributed by atoms with Crippen LogP contribution in [0.3, 0.4) is 0 Å². The summed E-state index contributed by atoms with van der Waals surface area (Å²) in [7, 11) is 5.79. The summed E-state index contributed by atoms with van der Waals surface area (Å²) in [6.45, 7) is 8.29. The summed E-state index contributed by atoms with van der Waals surface area (Å²) in [6.07, 6.45) is 1.70. The third-order valence-corrected chi connectivity index (χ3v) is 3.93. The SMILES string of the molecule is COCC1(C(=O)NCC(C)(C)CN(C)C)CCNCC1.Cl.Cl. The average molecular weight is 358 g/mol. The van der Waals surface area contributed by atoms with E-state index in [-0.39, 0.29) is 41.6 Å². The molecular formula is C15H33Cl2N3O2. The van der Waals surface area contributed by atoms with Gasteiger partial charge in [0.1, 0.15) is 0 Å². The van der Waals surface area contributed by atoms with Gasteiger partial charge in [0.25, 0.3) is 0 Å². The lowest BCUT2D eigenvalue weighted by molar-refractivity contribution is -0.136. The molecule has 0 aromatic carbocycles. The molecule has 5 nitrogen and oxygen atoms in total. The maximum atomic E-state index is 12.6. The highest BCUT2D eigenvalue weighted by Crippen LogP contribution is 2.29. The molecule has 0 bridgehead atoms. The molecular weight excluding hydrogens is 325 g/mol. The second kappa shape index (κ2) is 10.7. The first-order chi connectivity index (χ1) is 9.31. The van der Waals surface area contributed by atoms with Gasteiger partial charge in [-0.05, 0) is 45.4 Å². The molecule has 1 rings (SSSR count). The van der Waals surface area contributed by atoms with Gasteiger partial charge in [-0.3, -0.25) is 4.79 Å². The standard InChI is InChI=1S/C15H31N3O2.2ClH/c1-14(2,11-18(3)4)10-17-13(19)15(12-20-5)6-8-16-9-7-15;;/h16H,6-12H2,1-5H3,(H,17,19);2*1H. The molecule has 1 aliphatic heterocycles. The minimum absolute atomic E-state index is 0. The summed E-state index contributed by atoms with van der Waals surface area (Å²) >= 11 is 0. The smallest absolute Gasteiger partial charge is 0.228 e. The Morgan fingerprint density at radius 2 is 1.82 bits per heavy atom. The number of piperidine rings is 1. The molecule has 0 aromatic rings. The van der Waals surface area contributed by atoms with E-state index in [0.29, 0.717) is 13.2 Å². The quantitative estimate of drug-likeness (QED) is 0.725. The zero-order valence-corrected chi connectivity index (χ0v) is 16.2. The Balaban J connectivity index is 0. The van der Waals surface area contributed by atoms with Crippen molar-refractivity contribution < 1.29 is 9.53 Å². The zero-order chi connectivity index (χ0) is 15.2. The van der Waals surface area contributed by atoms with Gasteiger partial charge in [0.2, 0.25) is 5.91 Å². The predicted molar refractivity (Wildman–Crippen MR) is 96.3 cm³/mol. The molecule has 0 spiro atoms. The number of rotatable bonds is 7. The van der Waals surface area contributed by atoms with Crippen LogP contribution in [-0.2, 0) is 9.53 Å². The number of methoxy groups -OCH3 is 1. The number of amides is 1. The van der Waals surface area contributed by atoms with Gasteiger partial charge in [0, 0.05) is 20.2 Å². The van der Waals surface area contributed by atoms with Crippen LogP contribution < -0.4 is 10.6 Å². The summed E-state index contributed by atoms with van der Waals surface area (Å²) < 4.78 is 5.31. The first kappa shape index (κ1) is 24.2. The molecule has 0 atom stereocenters. The number of hydrogen-bond acceptors (Lipinski definition) is 4. The van der Waals surface area contributed by atoms with E-state index in [1.165, 1.54) is 0 Å². The Hall–Kier alpha value is -0.0700. The number of nitrogens with one attached hydrogen (secondary N) is 2. The van der Waals surface area contributed by atoms with E-state index in [0.717, 1.165) is 32.5 Å². The molecule has 0 aliphatic carbocycles. The molecule has 2 N–H and O–H groups in total. The normalized spacial score (nSPS) is 17.4.